The average Bonchev–Trinajstić information content (AvgIpc) is 2.87. The Morgan fingerprint density at radius 3 is 2.29 bits per heavy atom. The monoisotopic (exact) mass is 521 g/mol. The van der Waals surface area contributed by atoms with E-state index in [1.165, 1.54) is 25.3 Å². The second-order valence-corrected chi connectivity index (χ2v) is 9.59. The number of esters is 1. The SMILES string of the molecule is CCOC(=O)c1ccc(F)c(CC(C(=O)c2ccccc2)c2ccc(OC)cc2NC(=O)OC(C)(C)C)c1. The molecule has 0 saturated carbocycles. The number of benzene rings is 3. The van der Waals surface area contributed by atoms with Crippen LogP contribution < -0.4 is 10.1 Å². The van der Waals surface area contributed by atoms with Gasteiger partial charge in [-0.05, 0) is 69.5 Å². The van der Waals surface area contributed by atoms with Crippen LogP contribution in [0.2, 0.25) is 0 Å². The molecule has 0 saturated heterocycles. The van der Waals surface area contributed by atoms with Gasteiger partial charge in [-0.25, -0.2) is 14.0 Å². The Labute approximate surface area is 221 Å². The number of nitrogens with one attached hydrogen (secondary N) is 1. The summed E-state index contributed by atoms with van der Waals surface area (Å²) in [5, 5.41) is 2.71. The van der Waals surface area contributed by atoms with Crippen LogP contribution in [0, 0.1) is 5.82 Å². The Kier molecular flexibility index (Phi) is 9.23. The third-order valence-corrected chi connectivity index (χ3v) is 5.63. The molecule has 0 heterocycles. The highest BCUT2D eigenvalue weighted by Crippen LogP contribution is 2.34. The van der Waals surface area contributed by atoms with Crippen LogP contribution in [0.3, 0.4) is 0 Å². The molecule has 0 radical (unpaired) electrons. The topological polar surface area (TPSA) is 90.9 Å². The van der Waals surface area contributed by atoms with Crippen LogP contribution in [0.1, 0.15) is 65.5 Å². The van der Waals surface area contributed by atoms with Gasteiger partial charge in [-0.15, -0.1) is 0 Å². The van der Waals surface area contributed by atoms with E-state index >= 15 is 4.39 Å². The number of halogens is 1. The number of anilines is 1. The maximum Gasteiger partial charge on any atom is 0.412 e. The number of methoxy groups -OCH3 is 1. The highest BCUT2D eigenvalue weighted by molar-refractivity contribution is 6.02. The minimum absolute atomic E-state index is 0.0812. The molecule has 0 fully saturated rings. The lowest BCUT2D eigenvalue weighted by molar-refractivity contribution is 0.0525. The number of hydrogen-bond donors (Lipinski definition) is 1. The van der Waals surface area contributed by atoms with Gasteiger partial charge < -0.3 is 14.2 Å². The largest absolute Gasteiger partial charge is 0.497 e. The summed E-state index contributed by atoms with van der Waals surface area (Å²) >= 11 is 0. The van der Waals surface area contributed by atoms with Gasteiger partial charge in [0.25, 0.3) is 0 Å². The molecule has 0 bridgehead atoms. The van der Waals surface area contributed by atoms with Crippen LogP contribution in [0.25, 0.3) is 0 Å². The minimum Gasteiger partial charge on any atom is -0.497 e. The number of rotatable bonds is 9. The third-order valence-electron chi connectivity index (χ3n) is 5.63. The van der Waals surface area contributed by atoms with Gasteiger partial charge in [-0.3, -0.25) is 10.1 Å². The standard InChI is InChI=1S/C30H32FNO6/c1-6-37-28(34)20-12-15-25(31)21(16-20)17-24(27(33)19-10-8-7-9-11-19)23-14-13-22(36-5)18-26(23)32-29(35)38-30(2,3)4/h7-16,18,24H,6,17H2,1-5H3,(H,32,35). The van der Waals surface area contributed by atoms with E-state index in [9.17, 15) is 14.4 Å². The molecule has 8 heteroatoms. The number of amides is 1. The molecule has 1 N–H and O–H groups in total. The Morgan fingerprint density at radius 2 is 1.66 bits per heavy atom. The Bertz CT molecular complexity index is 1300. The van der Waals surface area contributed by atoms with Crippen molar-refractivity contribution in [3.8, 4) is 5.75 Å². The Balaban J connectivity index is 2.11. The predicted molar refractivity (Wildman–Crippen MR) is 142 cm³/mol. The first-order chi connectivity index (χ1) is 18.0. The number of ether oxygens (including phenoxy) is 3. The van der Waals surface area contributed by atoms with Crippen molar-refractivity contribution in [1.82, 2.24) is 0 Å². The maximum absolute atomic E-state index is 15.0. The fraction of sp³-hybridized carbons (Fsp3) is 0.300. The van der Waals surface area contributed by atoms with E-state index in [4.69, 9.17) is 14.2 Å². The molecule has 0 aromatic heterocycles. The van der Waals surface area contributed by atoms with Crippen LogP contribution in [0.4, 0.5) is 14.9 Å². The molecule has 200 valence electrons. The van der Waals surface area contributed by atoms with Crippen LogP contribution in [-0.4, -0.2) is 37.2 Å². The number of ketones is 1. The second kappa shape index (κ2) is 12.4. The number of carbonyl (C=O) groups excluding carboxylic acids is 3. The summed E-state index contributed by atoms with van der Waals surface area (Å²) in [7, 11) is 1.48. The molecule has 0 spiro atoms. The van der Waals surface area contributed by atoms with Crippen molar-refractivity contribution in [3.05, 3.63) is 94.8 Å². The zero-order valence-electron chi connectivity index (χ0n) is 22.2. The smallest absolute Gasteiger partial charge is 0.412 e. The molecular formula is C30H32FNO6. The van der Waals surface area contributed by atoms with Crippen LogP contribution in [-0.2, 0) is 15.9 Å². The van der Waals surface area contributed by atoms with Crippen molar-refractivity contribution < 1.29 is 33.0 Å². The third kappa shape index (κ3) is 7.41. The van der Waals surface area contributed by atoms with Gasteiger partial charge in [0.05, 0.1) is 30.9 Å². The van der Waals surface area contributed by atoms with Crippen molar-refractivity contribution in [2.24, 2.45) is 0 Å². The van der Waals surface area contributed by atoms with Crippen molar-refractivity contribution in [3.63, 3.8) is 0 Å². The zero-order valence-corrected chi connectivity index (χ0v) is 22.2. The summed E-state index contributed by atoms with van der Waals surface area (Å²) in [6.45, 7) is 7.06. The predicted octanol–water partition coefficient (Wildman–Crippen LogP) is 6.57. The number of carbonyl (C=O) groups is 3. The van der Waals surface area contributed by atoms with Gasteiger partial charge in [0.2, 0.25) is 0 Å². The molecule has 38 heavy (non-hydrogen) atoms. The van der Waals surface area contributed by atoms with E-state index in [-0.39, 0.29) is 35.6 Å². The first kappa shape index (κ1) is 28.4. The van der Waals surface area contributed by atoms with Gasteiger partial charge in [0.1, 0.15) is 17.2 Å². The summed E-state index contributed by atoms with van der Waals surface area (Å²) in [6.07, 6.45) is -0.796. The van der Waals surface area contributed by atoms with E-state index in [0.717, 1.165) is 0 Å². The average molecular weight is 522 g/mol. The van der Waals surface area contributed by atoms with Crippen molar-refractivity contribution in [2.45, 2.75) is 45.6 Å². The Hall–Kier alpha value is -4.20. The quantitative estimate of drug-likeness (QED) is 0.253. The fourth-order valence-electron chi connectivity index (χ4n) is 3.93. The molecular weight excluding hydrogens is 489 g/mol. The van der Waals surface area contributed by atoms with Crippen LogP contribution in [0.15, 0.2) is 66.7 Å². The Morgan fingerprint density at radius 1 is 0.947 bits per heavy atom. The van der Waals surface area contributed by atoms with Crippen LogP contribution >= 0.6 is 0 Å². The summed E-state index contributed by atoms with van der Waals surface area (Å²) in [4.78, 5) is 38.8. The second-order valence-electron chi connectivity index (χ2n) is 9.59. The van der Waals surface area contributed by atoms with Gasteiger partial charge in [-0.1, -0.05) is 36.4 Å². The molecule has 0 aliphatic carbocycles. The molecule has 3 aromatic carbocycles. The molecule has 3 rings (SSSR count). The molecule has 7 nitrogen and oxygen atoms in total. The van der Waals surface area contributed by atoms with E-state index in [0.29, 0.717) is 16.9 Å². The van der Waals surface area contributed by atoms with E-state index in [1.54, 1.807) is 76.2 Å². The van der Waals surface area contributed by atoms with Gasteiger partial charge in [0, 0.05) is 11.6 Å². The van der Waals surface area contributed by atoms with E-state index in [2.05, 4.69) is 5.32 Å². The van der Waals surface area contributed by atoms with Gasteiger partial charge in [-0.2, -0.15) is 0 Å². The fourth-order valence-corrected chi connectivity index (χ4v) is 3.93. The summed E-state index contributed by atoms with van der Waals surface area (Å²) in [6, 6.07) is 17.4. The normalized spacial score (nSPS) is 11.8. The van der Waals surface area contributed by atoms with Crippen LogP contribution in [0.5, 0.6) is 5.75 Å². The lowest BCUT2D eigenvalue weighted by Gasteiger charge is -2.23. The van der Waals surface area contributed by atoms with E-state index in [1.807, 2.05) is 0 Å². The molecule has 0 aliphatic heterocycles. The molecule has 1 atom stereocenters. The lowest BCUT2D eigenvalue weighted by atomic mass is 9.84. The molecule has 0 aliphatic rings. The zero-order chi connectivity index (χ0) is 27.9. The lowest BCUT2D eigenvalue weighted by Crippen LogP contribution is -2.28. The minimum atomic E-state index is -0.916. The number of Topliss-reactive ketones (excluding diaryl/α,β-unsaturated/α-hetero) is 1. The molecule has 3 aromatic rings. The summed E-state index contributed by atoms with van der Waals surface area (Å²) in [5.41, 5.74) is 0.721. The van der Waals surface area contributed by atoms with E-state index < -0.39 is 29.4 Å². The molecule has 1 unspecified atom stereocenters. The molecule has 1 amide bonds. The maximum atomic E-state index is 15.0. The van der Waals surface area contributed by atoms with Crippen molar-refractivity contribution >= 4 is 23.5 Å². The highest BCUT2D eigenvalue weighted by Gasteiger charge is 2.28. The van der Waals surface area contributed by atoms with Crippen molar-refractivity contribution in [2.75, 3.05) is 19.0 Å². The number of hydrogen-bond acceptors (Lipinski definition) is 6. The highest BCUT2D eigenvalue weighted by atomic mass is 19.1. The first-order valence-corrected chi connectivity index (χ1v) is 12.2. The summed E-state index contributed by atoms with van der Waals surface area (Å²) in [5.74, 6) is -1.92. The van der Waals surface area contributed by atoms with Crippen molar-refractivity contribution in [1.29, 1.82) is 0 Å². The van der Waals surface area contributed by atoms with Gasteiger partial charge in [0.15, 0.2) is 5.78 Å². The summed E-state index contributed by atoms with van der Waals surface area (Å²) < 4.78 is 30.8. The first-order valence-electron chi connectivity index (χ1n) is 12.2. The van der Waals surface area contributed by atoms with Gasteiger partial charge >= 0.3 is 12.1 Å².